The Bertz CT molecular complexity index is 221. The number of carbonyl (C=O) groups excluding carboxylic acids is 2. The number of primary amides is 1. The van der Waals surface area contributed by atoms with Gasteiger partial charge in [0, 0.05) is 11.6 Å². The predicted octanol–water partition coefficient (Wildman–Crippen LogP) is 0.761. The van der Waals surface area contributed by atoms with Crippen LogP contribution in [0.2, 0.25) is 0 Å². The van der Waals surface area contributed by atoms with E-state index in [0.717, 1.165) is 12.5 Å². The van der Waals surface area contributed by atoms with Crippen molar-refractivity contribution < 1.29 is 14.3 Å². The van der Waals surface area contributed by atoms with Gasteiger partial charge in [-0.1, -0.05) is 13.8 Å². The average molecular weight is 185 g/mol. The lowest BCUT2D eigenvalue weighted by Gasteiger charge is -2.03. The second kappa shape index (κ2) is 6.22. The molecule has 0 aromatic carbocycles. The summed E-state index contributed by atoms with van der Waals surface area (Å²) in [4.78, 5) is 21.7. The SMILES string of the molecule is CCCOC(=O)C(=CC(N)=O)CC. The van der Waals surface area contributed by atoms with Crippen LogP contribution in [0.15, 0.2) is 11.6 Å². The Kier molecular flexibility index (Phi) is 5.59. The van der Waals surface area contributed by atoms with Crippen LogP contribution in [-0.2, 0) is 14.3 Å². The van der Waals surface area contributed by atoms with Gasteiger partial charge in [-0.2, -0.15) is 0 Å². The molecule has 0 unspecified atom stereocenters. The third-order valence-electron chi connectivity index (χ3n) is 1.40. The molecule has 0 spiro atoms. The zero-order valence-electron chi connectivity index (χ0n) is 8.00. The van der Waals surface area contributed by atoms with Gasteiger partial charge in [0.05, 0.1) is 6.61 Å². The molecule has 0 aliphatic carbocycles. The lowest BCUT2D eigenvalue weighted by atomic mass is 10.2. The number of amides is 1. The predicted molar refractivity (Wildman–Crippen MR) is 48.8 cm³/mol. The van der Waals surface area contributed by atoms with E-state index in [4.69, 9.17) is 10.5 Å². The monoisotopic (exact) mass is 185 g/mol. The van der Waals surface area contributed by atoms with Gasteiger partial charge in [0.15, 0.2) is 0 Å². The third-order valence-corrected chi connectivity index (χ3v) is 1.40. The number of hydrogen-bond donors (Lipinski definition) is 1. The molecule has 0 radical (unpaired) electrons. The van der Waals surface area contributed by atoms with E-state index in [1.807, 2.05) is 6.92 Å². The van der Waals surface area contributed by atoms with Crippen molar-refractivity contribution in [1.29, 1.82) is 0 Å². The van der Waals surface area contributed by atoms with Crippen molar-refractivity contribution in [3.63, 3.8) is 0 Å². The fourth-order valence-corrected chi connectivity index (χ4v) is 0.765. The summed E-state index contributed by atoms with van der Waals surface area (Å²) in [7, 11) is 0. The van der Waals surface area contributed by atoms with Crippen LogP contribution in [0.25, 0.3) is 0 Å². The van der Waals surface area contributed by atoms with Crippen LogP contribution in [0.1, 0.15) is 26.7 Å². The Hall–Kier alpha value is -1.32. The van der Waals surface area contributed by atoms with Crippen LogP contribution in [0.3, 0.4) is 0 Å². The summed E-state index contributed by atoms with van der Waals surface area (Å²) in [6.45, 7) is 4.04. The first-order valence-electron chi connectivity index (χ1n) is 4.28. The molecule has 1 amide bonds. The molecule has 0 heterocycles. The summed E-state index contributed by atoms with van der Waals surface area (Å²) in [6.07, 6.45) is 2.32. The van der Waals surface area contributed by atoms with Crippen molar-refractivity contribution in [2.75, 3.05) is 6.61 Å². The van der Waals surface area contributed by atoms with Gasteiger partial charge in [-0.05, 0) is 12.8 Å². The van der Waals surface area contributed by atoms with Gasteiger partial charge in [-0.3, -0.25) is 4.79 Å². The number of rotatable bonds is 5. The van der Waals surface area contributed by atoms with Gasteiger partial charge >= 0.3 is 5.97 Å². The Morgan fingerprint density at radius 3 is 2.38 bits per heavy atom. The zero-order chi connectivity index (χ0) is 10.3. The van der Waals surface area contributed by atoms with Crippen molar-refractivity contribution in [2.45, 2.75) is 26.7 Å². The molecule has 0 atom stereocenters. The minimum Gasteiger partial charge on any atom is -0.462 e. The molecule has 0 aliphatic heterocycles. The van der Waals surface area contributed by atoms with E-state index in [2.05, 4.69) is 0 Å². The highest BCUT2D eigenvalue weighted by Crippen LogP contribution is 2.03. The molecule has 74 valence electrons. The molecule has 0 saturated heterocycles. The standard InChI is InChI=1S/C9H15NO3/c1-3-5-13-9(12)7(4-2)6-8(10)11/h6H,3-5H2,1-2H3,(H2,10,11). The van der Waals surface area contributed by atoms with Gasteiger partial charge in [-0.25, -0.2) is 4.79 Å². The summed E-state index contributed by atoms with van der Waals surface area (Å²) in [5.41, 5.74) is 5.23. The van der Waals surface area contributed by atoms with E-state index in [0.29, 0.717) is 18.6 Å². The number of carbonyl (C=O) groups is 2. The molecule has 0 aromatic rings. The Morgan fingerprint density at radius 2 is 2.00 bits per heavy atom. The van der Waals surface area contributed by atoms with Crippen LogP contribution in [0.5, 0.6) is 0 Å². The van der Waals surface area contributed by atoms with Crippen molar-refractivity contribution in [3.8, 4) is 0 Å². The van der Waals surface area contributed by atoms with Crippen LogP contribution in [0, 0.1) is 0 Å². The Balaban J connectivity index is 4.23. The fraction of sp³-hybridized carbons (Fsp3) is 0.556. The topological polar surface area (TPSA) is 69.4 Å². The first-order chi connectivity index (χ1) is 6.11. The first kappa shape index (κ1) is 11.7. The molecule has 0 fully saturated rings. The first-order valence-corrected chi connectivity index (χ1v) is 4.28. The van der Waals surface area contributed by atoms with Crippen molar-refractivity contribution in [2.24, 2.45) is 5.73 Å². The average Bonchev–Trinajstić information content (AvgIpc) is 2.09. The van der Waals surface area contributed by atoms with Crippen molar-refractivity contribution >= 4 is 11.9 Å². The molecule has 0 bridgehead atoms. The molecule has 13 heavy (non-hydrogen) atoms. The molecule has 4 nitrogen and oxygen atoms in total. The zero-order valence-corrected chi connectivity index (χ0v) is 8.00. The van der Waals surface area contributed by atoms with Gasteiger partial charge in [-0.15, -0.1) is 0 Å². The quantitative estimate of drug-likeness (QED) is 0.508. The highest BCUT2D eigenvalue weighted by atomic mass is 16.5. The summed E-state index contributed by atoms with van der Waals surface area (Å²) < 4.78 is 4.83. The fourth-order valence-electron chi connectivity index (χ4n) is 0.765. The van der Waals surface area contributed by atoms with E-state index in [9.17, 15) is 9.59 Å². The largest absolute Gasteiger partial charge is 0.462 e. The minimum atomic E-state index is -0.620. The van der Waals surface area contributed by atoms with Crippen molar-refractivity contribution in [3.05, 3.63) is 11.6 Å². The lowest BCUT2D eigenvalue weighted by molar-refractivity contribution is -0.139. The maximum atomic E-state index is 11.2. The van der Waals surface area contributed by atoms with E-state index in [1.165, 1.54) is 0 Å². The van der Waals surface area contributed by atoms with E-state index in [-0.39, 0.29) is 0 Å². The van der Waals surface area contributed by atoms with Gasteiger partial charge in [0.25, 0.3) is 0 Å². The van der Waals surface area contributed by atoms with Crippen LogP contribution >= 0.6 is 0 Å². The number of nitrogens with two attached hydrogens (primary N) is 1. The summed E-state index contributed by atoms with van der Waals surface area (Å²) in [5.74, 6) is -1.08. The number of ether oxygens (including phenoxy) is 1. The smallest absolute Gasteiger partial charge is 0.334 e. The van der Waals surface area contributed by atoms with Gasteiger partial charge < -0.3 is 10.5 Å². The highest BCUT2D eigenvalue weighted by molar-refractivity contribution is 5.97. The molecule has 0 aliphatic rings. The number of hydrogen-bond acceptors (Lipinski definition) is 3. The summed E-state index contributed by atoms with van der Waals surface area (Å²) >= 11 is 0. The molecular formula is C9H15NO3. The highest BCUT2D eigenvalue weighted by Gasteiger charge is 2.08. The second-order valence-electron chi connectivity index (χ2n) is 2.56. The summed E-state index contributed by atoms with van der Waals surface area (Å²) in [5, 5.41) is 0. The van der Waals surface area contributed by atoms with E-state index >= 15 is 0 Å². The minimum absolute atomic E-state index is 0.320. The molecule has 0 aromatic heterocycles. The second-order valence-corrected chi connectivity index (χ2v) is 2.56. The maximum Gasteiger partial charge on any atom is 0.334 e. The molecule has 4 heteroatoms. The van der Waals surface area contributed by atoms with Crippen LogP contribution < -0.4 is 5.73 Å². The molecule has 2 N–H and O–H groups in total. The third kappa shape index (κ3) is 5.00. The van der Waals surface area contributed by atoms with E-state index in [1.54, 1.807) is 6.92 Å². The lowest BCUT2D eigenvalue weighted by Crippen LogP contribution is -2.13. The summed E-state index contributed by atoms with van der Waals surface area (Å²) in [6, 6.07) is 0. The number of esters is 1. The van der Waals surface area contributed by atoms with Gasteiger partial charge in [0.2, 0.25) is 5.91 Å². The molecular weight excluding hydrogens is 170 g/mol. The Labute approximate surface area is 77.7 Å². The maximum absolute atomic E-state index is 11.2. The van der Waals surface area contributed by atoms with E-state index < -0.39 is 11.9 Å². The van der Waals surface area contributed by atoms with Crippen LogP contribution in [-0.4, -0.2) is 18.5 Å². The Morgan fingerprint density at radius 1 is 1.38 bits per heavy atom. The van der Waals surface area contributed by atoms with Crippen LogP contribution in [0.4, 0.5) is 0 Å². The normalized spacial score (nSPS) is 11.1. The van der Waals surface area contributed by atoms with Crippen molar-refractivity contribution in [1.82, 2.24) is 0 Å². The molecule has 0 saturated carbocycles. The van der Waals surface area contributed by atoms with Gasteiger partial charge in [0.1, 0.15) is 0 Å². The molecule has 0 rings (SSSR count).